The third-order valence-corrected chi connectivity index (χ3v) is 5.46. The smallest absolute Gasteiger partial charge is 0.412 e. The average molecular weight is 449 g/mol. The van der Waals surface area contributed by atoms with Gasteiger partial charge in [-0.15, -0.1) is 0 Å². The maximum Gasteiger partial charge on any atom is 0.412 e. The number of carbonyl (C=O) groups is 2. The number of hydrogen-bond acceptors (Lipinski definition) is 5. The van der Waals surface area contributed by atoms with Crippen LogP contribution >= 0.6 is 0 Å². The van der Waals surface area contributed by atoms with E-state index in [1.54, 1.807) is 23.7 Å². The van der Waals surface area contributed by atoms with Crippen LogP contribution in [-0.4, -0.2) is 22.3 Å². The quantitative estimate of drug-likeness (QED) is 0.203. The Morgan fingerprint density at radius 2 is 1.73 bits per heavy atom. The third-order valence-electron chi connectivity index (χ3n) is 5.46. The van der Waals surface area contributed by atoms with Crippen molar-refractivity contribution in [3.8, 4) is 5.75 Å². The highest BCUT2D eigenvalue weighted by Gasteiger charge is 2.26. The molecule has 2 atom stereocenters. The van der Waals surface area contributed by atoms with E-state index in [2.05, 4.69) is 5.32 Å². The van der Waals surface area contributed by atoms with Crippen LogP contribution in [0.25, 0.3) is 10.8 Å². The molecule has 0 bridgehead atoms. The fourth-order valence-electron chi connectivity index (χ4n) is 3.68. The maximum absolute atomic E-state index is 12.8. The van der Waals surface area contributed by atoms with Gasteiger partial charge in [0.1, 0.15) is 11.9 Å². The Hall–Kier alpha value is -3.84. The van der Waals surface area contributed by atoms with Gasteiger partial charge in [-0.05, 0) is 49.3 Å². The van der Waals surface area contributed by atoms with Gasteiger partial charge in [-0.3, -0.25) is 15.3 Å². The molecule has 0 radical (unpaired) electrons. The van der Waals surface area contributed by atoms with Crippen LogP contribution in [0.2, 0.25) is 0 Å². The Balaban J connectivity index is 1.85. The lowest BCUT2D eigenvalue weighted by atomic mass is 9.89. The molecule has 3 rings (SSSR count). The van der Waals surface area contributed by atoms with E-state index < -0.39 is 18.1 Å². The molecule has 7 heteroatoms. The monoisotopic (exact) mass is 448 g/mol. The summed E-state index contributed by atoms with van der Waals surface area (Å²) < 4.78 is 5.90. The standard InChI is InChI=1S/C26H28N2O5/c1-17-11-13-19(14-12-17)27-26(31)33-25(18(2)7-3-6-10-24(30)28-32)22-15-16-23(29)21-9-5-4-8-20(21)22/h4-6,8-16,18,25,29,32H,3,7H2,1-2H3,(H,27,31)(H,28,30)/b10-6+/t18-,25-/m1/s1. The number of aromatic hydroxyl groups is 1. The molecule has 0 aliphatic carbocycles. The molecule has 7 nitrogen and oxygen atoms in total. The van der Waals surface area contributed by atoms with Gasteiger partial charge >= 0.3 is 6.09 Å². The summed E-state index contributed by atoms with van der Waals surface area (Å²) in [7, 11) is 0. The van der Waals surface area contributed by atoms with Gasteiger partial charge < -0.3 is 9.84 Å². The van der Waals surface area contributed by atoms with Crippen LogP contribution in [0.1, 0.15) is 37.0 Å². The first kappa shape index (κ1) is 23.8. The number of allylic oxidation sites excluding steroid dienone is 1. The highest BCUT2D eigenvalue weighted by Crippen LogP contribution is 2.37. The number of ether oxygens (including phenoxy) is 1. The predicted molar refractivity (Wildman–Crippen MR) is 127 cm³/mol. The lowest BCUT2D eigenvalue weighted by Gasteiger charge is -2.26. The second-order valence-electron chi connectivity index (χ2n) is 7.97. The van der Waals surface area contributed by atoms with E-state index in [0.29, 0.717) is 23.9 Å². The van der Waals surface area contributed by atoms with Crippen LogP contribution < -0.4 is 10.8 Å². The molecule has 3 aromatic carbocycles. The summed E-state index contributed by atoms with van der Waals surface area (Å²) in [4.78, 5) is 24.0. The van der Waals surface area contributed by atoms with Gasteiger partial charge in [0.2, 0.25) is 0 Å². The SMILES string of the molecule is Cc1ccc(NC(=O)O[C@@H](c2ccc(O)c3ccccc23)[C@H](C)CC/C=C/C(=O)NO)cc1. The van der Waals surface area contributed by atoms with Gasteiger partial charge in [0.25, 0.3) is 5.91 Å². The number of aryl methyl sites for hydroxylation is 1. The topological polar surface area (TPSA) is 108 Å². The molecule has 0 aliphatic heterocycles. The van der Waals surface area contributed by atoms with Crippen molar-refractivity contribution in [1.82, 2.24) is 5.48 Å². The van der Waals surface area contributed by atoms with Crippen LogP contribution in [0.4, 0.5) is 10.5 Å². The maximum atomic E-state index is 12.8. The minimum Gasteiger partial charge on any atom is -0.507 e. The first-order valence-corrected chi connectivity index (χ1v) is 10.7. The minimum absolute atomic E-state index is 0.108. The Morgan fingerprint density at radius 3 is 2.42 bits per heavy atom. The van der Waals surface area contributed by atoms with Crippen molar-refractivity contribution in [1.29, 1.82) is 0 Å². The van der Waals surface area contributed by atoms with Crippen molar-refractivity contribution in [2.75, 3.05) is 5.32 Å². The van der Waals surface area contributed by atoms with Gasteiger partial charge in [-0.1, -0.05) is 61.0 Å². The second-order valence-corrected chi connectivity index (χ2v) is 7.97. The normalized spacial score (nSPS) is 12.9. The Kier molecular flexibility index (Phi) is 8.05. The van der Waals surface area contributed by atoms with Gasteiger partial charge in [-0.25, -0.2) is 10.3 Å². The van der Waals surface area contributed by atoms with E-state index in [-0.39, 0.29) is 11.7 Å². The zero-order valence-corrected chi connectivity index (χ0v) is 18.6. The van der Waals surface area contributed by atoms with Gasteiger partial charge in [0, 0.05) is 22.7 Å². The molecule has 33 heavy (non-hydrogen) atoms. The number of rotatable bonds is 8. The molecule has 0 unspecified atom stereocenters. The molecule has 0 saturated heterocycles. The van der Waals surface area contributed by atoms with Crippen LogP contribution in [-0.2, 0) is 9.53 Å². The molecule has 172 valence electrons. The summed E-state index contributed by atoms with van der Waals surface area (Å²) in [6.07, 6.45) is 2.89. The van der Waals surface area contributed by atoms with Crippen molar-refractivity contribution in [2.45, 2.75) is 32.8 Å². The summed E-state index contributed by atoms with van der Waals surface area (Å²) in [5.74, 6) is -0.552. The molecule has 0 fully saturated rings. The van der Waals surface area contributed by atoms with E-state index in [9.17, 15) is 14.7 Å². The minimum atomic E-state index is -0.600. The summed E-state index contributed by atoms with van der Waals surface area (Å²) >= 11 is 0. The van der Waals surface area contributed by atoms with E-state index in [1.165, 1.54) is 6.08 Å². The highest BCUT2D eigenvalue weighted by atomic mass is 16.6. The number of phenolic OH excluding ortho intramolecular Hbond substituents is 1. The first-order chi connectivity index (χ1) is 15.9. The Labute approximate surface area is 192 Å². The molecule has 0 aromatic heterocycles. The predicted octanol–water partition coefficient (Wildman–Crippen LogP) is 5.62. The van der Waals surface area contributed by atoms with Gasteiger partial charge in [-0.2, -0.15) is 0 Å². The van der Waals surface area contributed by atoms with Crippen molar-refractivity contribution in [3.63, 3.8) is 0 Å². The van der Waals surface area contributed by atoms with E-state index in [4.69, 9.17) is 9.94 Å². The first-order valence-electron chi connectivity index (χ1n) is 10.7. The van der Waals surface area contributed by atoms with Crippen LogP contribution in [0.15, 0.2) is 72.8 Å². The molecular formula is C26H28N2O5. The van der Waals surface area contributed by atoms with E-state index >= 15 is 0 Å². The van der Waals surface area contributed by atoms with Crippen LogP contribution in [0.3, 0.4) is 0 Å². The molecule has 0 heterocycles. The van der Waals surface area contributed by atoms with E-state index in [1.807, 2.05) is 62.4 Å². The van der Waals surface area contributed by atoms with Crippen LogP contribution in [0, 0.1) is 12.8 Å². The zero-order chi connectivity index (χ0) is 23.8. The Morgan fingerprint density at radius 1 is 1.03 bits per heavy atom. The fraction of sp³-hybridized carbons (Fsp3) is 0.231. The molecule has 3 aromatic rings. The number of nitrogens with one attached hydrogen (secondary N) is 2. The number of carbonyl (C=O) groups excluding carboxylic acids is 2. The number of amides is 2. The largest absolute Gasteiger partial charge is 0.507 e. The average Bonchev–Trinajstić information content (AvgIpc) is 2.82. The summed E-state index contributed by atoms with van der Waals surface area (Å²) in [5, 5.41) is 23.1. The van der Waals surface area contributed by atoms with E-state index in [0.717, 1.165) is 16.5 Å². The number of hydrogen-bond donors (Lipinski definition) is 4. The molecule has 0 aliphatic rings. The number of anilines is 1. The molecule has 0 saturated carbocycles. The zero-order valence-electron chi connectivity index (χ0n) is 18.6. The summed E-state index contributed by atoms with van der Waals surface area (Å²) in [6, 6.07) is 18.2. The van der Waals surface area contributed by atoms with Crippen molar-refractivity contribution in [3.05, 3.63) is 83.9 Å². The molecule has 2 amide bonds. The molecule has 4 N–H and O–H groups in total. The lowest BCUT2D eigenvalue weighted by Crippen LogP contribution is -2.22. The fourth-order valence-corrected chi connectivity index (χ4v) is 3.68. The third kappa shape index (κ3) is 6.33. The van der Waals surface area contributed by atoms with Crippen molar-refractivity contribution >= 4 is 28.5 Å². The number of hydroxylamine groups is 1. The molecular weight excluding hydrogens is 420 g/mol. The summed E-state index contributed by atoms with van der Waals surface area (Å²) in [5.41, 5.74) is 4.05. The number of benzene rings is 3. The number of phenols is 1. The highest BCUT2D eigenvalue weighted by molar-refractivity contribution is 5.91. The molecule has 0 spiro atoms. The van der Waals surface area contributed by atoms with Crippen LogP contribution in [0.5, 0.6) is 5.75 Å². The Bertz CT molecular complexity index is 1140. The number of fused-ring (bicyclic) bond motifs is 1. The van der Waals surface area contributed by atoms with Crippen molar-refractivity contribution < 1.29 is 24.6 Å². The lowest BCUT2D eigenvalue weighted by molar-refractivity contribution is -0.124. The van der Waals surface area contributed by atoms with Crippen molar-refractivity contribution in [2.24, 2.45) is 5.92 Å². The van der Waals surface area contributed by atoms with Gasteiger partial charge in [0.05, 0.1) is 0 Å². The summed E-state index contributed by atoms with van der Waals surface area (Å²) in [6.45, 7) is 3.93. The second kappa shape index (κ2) is 11.2. The van der Waals surface area contributed by atoms with Gasteiger partial charge in [0.15, 0.2) is 0 Å².